The van der Waals surface area contributed by atoms with Crippen molar-refractivity contribution < 1.29 is 0 Å². The van der Waals surface area contributed by atoms with Crippen LogP contribution in [0.2, 0.25) is 0 Å². The van der Waals surface area contributed by atoms with E-state index in [1.165, 1.54) is 11.3 Å². The van der Waals surface area contributed by atoms with Crippen molar-refractivity contribution in [1.29, 1.82) is 0 Å². The van der Waals surface area contributed by atoms with Gasteiger partial charge in [0.15, 0.2) is 0 Å². The highest BCUT2D eigenvalue weighted by Crippen LogP contribution is 2.25. The summed E-state index contributed by atoms with van der Waals surface area (Å²) in [5.41, 5.74) is 8.64. The lowest BCUT2D eigenvalue weighted by Crippen LogP contribution is -2.24. The van der Waals surface area contributed by atoms with Gasteiger partial charge in [0, 0.05) is 29.8 Å². The number of benzene rings is 1. The van der Waals surface area contributed by atoms with Gasteiger partial charge < -0.3 is 10.6 Å². The number of rotatable bonds is 5. The van der Waals surface area contributed by atoms with Gasteiger partial charge in [0.1, 0.15) is 0 Å². The van der Waals surface area contributed by atoms with E-state index in [1.54, 1.807) is 0 Å². The number of halogens is 1. The van der Waals surface area contributed by atoms with Gasteiger partial charge in [0.2, 0.25) is 0 Å². The summed E-state index contributed by atoms with van der Waals surface area (Å²) >= 11 is 3.52. The van der Waals surface area contributed by atoms with Gasteiger partial charge in [-0.25, -0.2) is 0 Å². The van der Waals surface area contributed by atoms with E-state index >= 15 is 0 Å². The molecule has 0 aliphatic heterocycles. The number of anilines is 1. The predicted molar refractivity (Wildman–Crippen MR) is 75.1 cm³/mol. The fourth-order valence-corrected chi connectivity index (χ4v) is 2.01. The Morgan fingerprint density at radius 1 is 1.38 bits per heavy atom. The quantitative estimate of drug-likeness (QED) is 0.900. The molecule has 0 amide bonds. The Kier molecular flexibility index (Phi) is 5.29. The minimum absolute atomic E-state index is 0.255. The molecule has 2 N–H and O–H groups in total. The summed E-state index contributed by atoms with van der Waals surface area (Å²) in [6.07, 6.45) is 1.97. The van der Waals surface area contributed by atoms with Gasteiger partial charge in [0.05, 0.1) is 0 Å². The minimum atomic E-state index is 0.255. The van der Waals surface area contributed by atoms with Crippen molar-refractivity contribution in [3.63, 3.8) is 0 Å². The standard InChI is InChI=1S/C13H21BrN2/c1-4-12(15)8-10-6-7-11(14)9-13(10)16(3)5-2/h6-7,9,12H,4-5,8,15H2,1-3H3. The molecule has 0 spiro atoms. The molecule has 0 aliphatic carbocycles. The first-order valence-electron chi connectivity index (χ1n) is 5.83. The van der Waals surface area contributed by atoms with E-state index in [4.69, 9.17) is 5.73 Å². The molecule has 1 atom stereocenters. The highest BCUT2D eigenvalue weighted by molar-refractivity contribution is 9.10. The topological polar surface area (TPSA) is 29.3 Å². The second kappa shape index (κ2) is 6.26. The van der Waals surface area contributed by atoms with Gasteiger partial charge in [0.25, 0.3) is 0 Å². The molecule has 2 nitrogen and oxygen atoms in total. The van der Waals surface area contributed by atoms with E-state index in [0.717, 1.165) is 23.9 Å². The van der Waals surface area contributed by atoms with Gasteiger partial charge in [-0.05, 0) is 37.5 Å². The van der Waals surface area contributed by atoms with E-state index in [-0.39, 0.29) is 6.04 Å². The Morgan fingerprint density at radius 3 is 2.62 bits per heavy atom. The minimum Gasteiger partial charge on any atom is -0.375 e. The molecule has 0 saturated heterocycles. The molecule has 16 heavy (non-hydrogen) atoms. The molecule has 1 rings (SSSR count). The Bertz CT molecular complexity index is 339. The zero-order valence-corrected chi connectivity index (χ0v) is 11.9. The molecule has 0 fully saturated rings. The zero-order valence-electron chi connectivity index (χ0n) is 10.3. The van der Waals surface area contributed by atoms with Crippen molar-refractivity contribution in [1.82, 2.24) is 0 Å². The summed E-state index contributed by atoms with van der Waals surface area (Å²) < 4.78 is 1.12. The number of hydrogen-bond acceptors (Lipinski definition) is 2. The average molecular weight is 285 g/mol. The van der Waals surface area contributed by atoms with E-state index in [0.29, 0.717) is 0 Å². The maximum absolute atomic E-state index is 6.02. The molecule has 0 bridgehead atoms. The second-order valence-electron chi connectivity index (χ2n) is 4.16. The molecule has 0 aliphatic rings. The molecule has 0 saturated carbocycles. The first-order chi connectivity index (χ1) is 7.58. The molecule has 0 heterocycles. The lowest BCUT2D eigenvalue weighted by Gasteiger charge is -2.22. The molecular formula is C13H21BrN2. The van der Waals surface area contributed by atoms with Crippen LogP contribution in [0, 0.1) is 0 Å². The van der Waals surface area contributed by atoms with Crippen molar-refractivity contribution in [3.05, 3.63) is 28.2 Å². The Hall–Kier alpha value is -0.540. The van der Waals surface area contributed by atoms with Crippen molar-refractivity contribution in [2.75, 3.05) is 18.5 Å². The van der Waals surface area contributed by atoms with Crippen molar-refractivity contribution >= 4 is 21.6 Å². The highest BCUT2D eigenvalue weighted by Gasteiger charge is 2.09. The normalized spacial score (nSPS) is 12.6. The van der Waals surface area contributed by atoms with Crippen LogP contribution < -0.4 is 10.6 Å². The number of hydrogen-bond donors (Lipinski definition) is 1. The van der Waals surface area contributed by atoms with Gasteiger partial charge >= 0.3 is 0 Å². The SMILES string of the molecule is CCC(N)Cc1ccc(Br)cc1N(C)CC. The van der Waals surface area contributed by atoms with Gasteiger partial charge in [-0.2, -0.15) is 0 Å². The summed E-state index contributed by atoms with van der Waals surface area (Å²) in [6, 6.07) is 6.68. The molecule has 1 aromatic rings. The van der Waals surface area contributed by atoms with Crippen molar-refractivity contribution in [2.45, 2.75) is 32.7 Å². The molecule has 90 valence electrons. The second-order valence-corrected chi connectivity index (χ2v) is 5.08. The van der Waals surface area contributed by atoms with Crippen LogP contribution in [0.5, 0.6) is 0 Å². The summed E-state index contributed by atoms with van der Waals surface area (Å²) in [5.74, 6) is 0. The predicted octanol–water partition coefficient (Wildman–Crippen LogP) is 3.19. The van der Waals surface area contributed by atoms with E-state index in [1.807, 2.05) is 0 Å². The van der Waals surface area contributed by atoms with Crippen LogP contribution in [0.3, 0.4) is 0 Å². The van der Waals surface area contributed by atoms with Crippen LogP contribution in [0.1, 0.15) is 25.8 Å². The maximum atomic E-state index is 6.02. The first-order valence-corrected chi connectivity index (χ1v) is 6.62. The van der Waals surface area contributed by atoms with E-state index in [2.05, 4.69) is 59.9 Å². The van der Waals surface area contributed by atoms with Crippen molar-refractivity contribution in [3.8, 4) is 0 Å². The first kappa shape index (κ1) is 13.5. The molecule has 1 aromatic carbocycles. The highest BCUT2D eigenvalue weighted by atomic mass is 79.9. The van der Waals surface area contributed by atoms with Crippen LogP contribution in [0.4, 0.5) is 5.69 Å². The van der Waals surface area contributed by atoms with Gasteiger partial charge in [-0.15, -0.1) is 0 Å². The van der Waals surface area contributed by atoms with Crippen LogP contribution >= 0.6 is 15.9 Å². The number of nitrogens with two attached hydrogens (primary N) is 1. The molecule has 0 aromatic heterocycles. The van der Waals surface area contributed by atoms with Gasteiger partial charge in [-0.1, -0.05) is 28.9 Å². The Balaban J connectivity index is 2.97. The van der Waals surface area contributed by atoms with Crippen LogP contribution in [0.15, 0.2) is 22.7 Å². The zero-order chi connectivity index (χ0) is 12.1. The fourth-order valence-electron chi connectivity index (χ4n) is 1.66. The van der Waals surface area contributed by atoms with Crippen LogP contribution in [-0.4, -0.2) is 19.6 Å². The maximum Gasteiger partial charge on any atom is 0.0407 e. The monoisotopic (exact) mass is 284 g/mol. The molecule has 3 heteroatoms. The summed E-state index contributed by atoms with van der Waals surface area (Å²) in [4.78, 5) is 2.25. The Morgan fingerprint density at radius 2 is 2.06 bits per heavy atom. The summed E-state index contributed by atoms with van der Waals surface area (Å²) in [6.45, 7) is 5.29. The lowest BCUT2D eigenvalue weighted by atomic mass is 10.0. The molecular weight excluding hydrogens is 264 g/mol. The third-order valence-corrected chi connectivity index (χ3v) is 3.43. The van der Waals surface area contributed by atoms with E-state index < -0.39 is 0 Å². The van der Waals surface area contributed by atoms with Gasteiger partial charge in [-0.3, -0.25) is 0 Å². The number of nitrogens with zero attached hydrogens (tertiary/aromatic N) is 1. The fraction of sp³-hybridized carbons (Fsp3) is 0.538. The van der Waals surface area contributed by atoms with E-state index in [9.17, 15) is 0 Å². The third kappa shape index (κ3) is 3.49. The third-order valence-electron chi connectivity index (χ3n) is 2.94. The smallest absolute Gasteiger partial charge is 0.0407 e. The largest absolute Gasteiger partial charge is 0.375 e. The average Bonchev–Trinajstić information content (AvgIpc) is 2.30. The van der Waals surface area contributed by atoms with Crippen LogP contribution in [-0.2, 0) is 6.42 Å². The Labute approximate surface area is 107 Å². The van der Waals surface area contributed by atoms with Crippen molar-refractivity contribution in [2.24, 2.45) is 5.73 Å². The molecule has 0 radical (unpaired) electrons. The molecule has 1 unspecified atom stereocenters. The van der Waals surface area contributed by atoms with Crippen LogP contribution in [0.25, 0.3) is 0 Å². The summed E-state index contributed by atoms with van der Waals surface area (Å²) in [5, 5.41) is 0. The summed E-state index contributed by atoms with van der Waals surface area (Å²) in [7, 11) is 2.11. The lowest BCUT2D eigenvalue weighted by molar-refractivity contribution is 0.645.